The van der Waals surface area contributed by atoms with Crippen LogP contribution in [0.1, 0.15) is 68.2 Å². The number of hydrogen-bond donors (Lipinski definition) is 0. The first-order valence-electron chi connectivity index (χ1n) is 12.7. The fourth-order valence-corrected chi connectivity index (χ4v) is 7.64. The second-order valence-corrected chi connectivity index (χ2v) is 13.3. The van der Waals surface area contributed by atoms with Crippen LogP contribution >= 0.6 is 0 Å². The van der Waals surface area contributed by atoms with Gasteiger partial charge in [-0.25, -0.2) is 32.2 Å². The first-order valence-corrected chi connectivity index (χ1v) is 14.7. The summed E-state index contributed by atoms with van der Waals surface area (Å²) < 4.78 is 54.0. The number of hydrogen-bond acceptors (Lipinski definition) is 8. The third-order valence-electron chi connectivity index (χ3n) is 8.39. The first-order chi connectivity index (χ1) is 18.4. The molecule has 2 aliphatic carbocycles. The van der Waals surface area contributed by atoms with Crippen LogP contribution in [0.3, 0.4) is 0 Å². The lowest BCUT2D eigenvalue weighted by molar-refractivity contribution is 0.242. The topological polar surface area (TPSA) is 116 Å². The van der Waals surface area contributed by atoms with Gasteiger partial charge in [0.1, 0.15) is 27.8 Å². The lowest BCUT2D eigenvalue weighted by atomic mass is 9.66. The molecule has 2 bridgehead atoms. The van der Waals surface area contributed by atoms with Crippen molar-refractivity contribution in [3.8, 4) is 17.2 Å². The summed E-state index contributed by atoms with van der Waals surface area (Å²) in [5.74, 6) is -1.02. The van der Waals surface area contributed by atoms with Gasteiger partial charge in [-0.15, -0.1) is 10.2 Å². The minimum absolute atomic E-state index is 0.0647. The van der Waals surface area contributed by atoms with Gasteiger partial charge in [-0.1, -0.05) is 26.8 Å². The van der Waals surface area contributed by atoms with Crippen molar-refractivity contribution in [1.82, 2.24) is 34.9 Å². The molecule has 0 saturated heterocycles. The standard InChI is InChI=1S/C27H27F2N7O2S/c1-15(13-39(4,37)38)24-31-14-36(35-24)25-30-11-9-21(32-25)27-10-8-17(26(27,2)3)16-12-20(33-34-23(16)27)22-18(28)6-5-7-19(22)29/h5-7,9,11-12,14-15,17H,8,10,13H2,1-4H3/t15-,17+,27+/m1/s1. The van der Waals surface area contributed by atoms with Crippen LogP contribution in [0.5, 0.6) is 0 Å². The quantitative estimate of drug-likeness (QED) is 0.351. The van der Waals surface area contributed by atoms with Crippen molar-refractivity contribution in [2.24, 2.45) is 5.41 Å². The van der Waals surface area contributed by atoms with Gasteiger partial charge in [0.25, 0.3) is 5.95 Å². The van der Waals surface area contributed by atoms with Gasteiger partial charge >= 0.3 is 0 Å². The molecule has 0 radical (unpaired) electrons. The third kappa shape index (κ3) is 3.87. The molecule has 3 heterocycles. The minimum atomic E-state index is -3.19. The number of rotatable bonds is 6. The van der Waals surface area contributed by atoms with Gasteiger partial charge in [-0.3, -0.25) is 0 Å². The molecular weight excluding hydrogens is 524 g/mol. The summed E-state index contributed by atoms with van der Waals surface area (Å²) in [5.41, 5.74) is 1.53. The van der Waals surface area contributed by atoms with E-state index in [9.17, 15) is 17.2 Å². The van der Waals surface area contributed by atoms with Crippen molar-refractivity contribution in [1.29, 1.82) is 0 Å². The Labute approximate surface area is 224 Å². The second-order valence-electron chi connectivity index (χ2n) is 11.1. The number of benzene rings is 1. The predicted octanol–water partition coefficient (Wildman–Crippen LogP) is 4.14. The molecule has 0 N–H and O–H groups in total. The fraction of sp³-hybridized carbons (Fsp3) is 0.407. The summed E-state index contributed by atoms with van der Waals surface area (Å²) in [6.07, 6.45) is 5.96. The van der Waals surface area contributed by atoms with Gasteiger partial charge in [0.2, 0.25) is 0 Å². The van der Waals surface area contributed by atoms with E-state index in [0.717, 1.165) is 29.8 Å². The summed E-state index contributed by atoms with van der Waals surface area (Å²) in [6, 6.07) is 7.38. The molecule has 0 unspecified atom stereocenters. The van der Waals surface area contributed by atoms with Crippen LogP contribution in [0.2, 0.25) is 0 Å². The molecule has 3 atom stereocenters. The molecule has 3 aromatic heterocycles. The highest BCUT2D eigenvalue weighted by atomic mass is 32.2. The van der Waals surface area contributed by atoms with E-state index in [1.54, 1.807) is 19.2 Å². The Morgan fingerprint density at radius 2 is 1.87 bits per heavy atom. The van der Waals surface area contributed by atoms with E-state index in [2.05, 4.69) is 39.1 Å². The molecule has 12 heteroatoms. The molecule has 1 saturated carbocycles. The van der Waals surface area contributed by atoms with Crippen molar-refractivity contribution >= 4 is 9.84 Å². The highest BCUT2D eigenvalue weighted by Gasteiger charge is 2.65. The first kappa shape index (κ1) is 25.6. The summed E-state index contributed by atoms with van der Waals surface area (Å²) in [5, 5.41) is 13.3. The maximum atomic E-state index is 14.5. The highest BCUT2D eigenvalue weighted by Crippen LogP contribution is 2.69. The van der Waals surface area contributed by atoms with E-state index in [-0.39, 0.29) is 34.3 Å². The normalized spacial score (nSPS) is 22.2. The van der Waals surface area contributed by atoms with Crippen LogP contribution in [0.15, 0.2) is 42.9 Å². The summed E-state index contributed by atoms with van der Waals surface area (Å²) in [6.45, 7) is 6.09. The highest BCUT2D eigenvalue weighted by molar-refractivity contribution is 7.90. The van der Waals surface area contributed by atoms with Gasteiger partial charge < -0.3 is 0 Å². The molecule has 0 spiro atoms. The Morgan fingerprint density at radius 1 is 1.13 bits per heavy atom. The zero-order valence-electron chi connectivity index (χ0n) is 21.9. The molecule has 1 fully saturated rings. The van der Waals surface area contributed by atoms with Crippen molar-refractivity contribution < 1.29 is 17.2 Å². The van der Waals surface area contributed by atoms with Crippen molar-refractivity contribution in [3.63, 3.8) is 0 Å². The third-order valence-corrected chi connectivity index (χ3v) is 9.49. The number of nitrogens with zero attached hydrogens (tertiary/aromatic N) is 7. The zero-order chi connectivity index (χ0) is 27.7. The molecule has 39 heavy (non-hydrogen) atoms. The molecule has 2 aliphatic rings. The van der Waals surface area contributed by atoms with Gasteiger partial charge in [0.05, 0.1) is 33.8 Å². The number of fused-ring (bicyclic) bond motifs is 5. The van der Waals surface area contributed by atoms with Crippen molar-refractivity contribution in [2.45, 2.75) is 50.9 Å². The number of sulfone groups is 1. The van der Waals surface area contributed by atoms with Crippen LogP contribution < -0.4 is 0 Å². The fourth-order valence-electron chi connectivity index (χ4n) is 6.58. The minimum Gasteiger partial charge on any atom is -0.229 e. The lowest BCUT2D eigenvalue weighted by Crippen LogP contribution is -2.38. The van der Waals surface area contributed by atoms with Crippen LogP contribution in [0, 0.1) is 17.0 Å². The Kier molecular flexibility index (Phi) is 5.69. The summed E-state index contributed by atoms with van der Waals surface area (Å²) in [7, 11) is -3.19. The molecule has 4 aromatic rings. The van der Waals surface area contributed by atoms with Crippen molar-refractivity contribution in [3.05, 3.63) is 77.3 Å². The SMILES string of the molecule is C[C@H](CS(C)(=O)=O)c1ncn(-c2nccc([C@@]34CC[C@@H](c5cc(-c6c(F)cccc6F)nnc53)C4(C)C)n2)n1. The zero-order valence-corrected chi connectivity index (χ0v) is 22.7. The second kappa shape index (κ2) is 8.67. The molecule has 6 rings (SSSR count). The summed E-state index contributed by atoms with van der Waals surface area (Å²) >= 11 is 0. The van der Waals surface area contributed by atoms with Crippen molar-refractivity contribution in [2.75, 3.05) is 12.0 Å². The lowest BCUT2D eigenvalue weighted by Gasteiger charge is -2.37. The molecule has 0 amide bonds. The van der Waals surface area contributed by atoms with E-state index < -0.39 is 26.9 Å². The maximum Gasteiger partial charge on any atom is 0.252 e. The number of halogens is 2. The van der Waals surface area contributed by atoms with Gasteiger partial charge in [-0.2, -0.15) is 9.78 Å². The van der Waals surface area contributed by atoms with Crippen LogP contribution in [-0.4, -0.2) is 55.4 Å². The van der Waals surface area contributed by atoms with Crippen LogP contribution in [0.4, 0.5) is 8.78 Å². The molecule has 1 aromatic carbocycles. The number of aromatic nitrogens is 7. The molecule has 202 valence electrons. The van der Waals surface area contributed by atoms with Gasteiger partial charge in [0, 0.05) is 18.4 Å². The Hall–Kier alpha value is -3.67. The molecule has 9 nitrogen and oxygen atoms in total. The maximum absolute atomic E-state index is 14.5. The molecular formula is C27H27F2N7O2S. The smallest absolute Gasteiger partial charge is 0.229 e. The predicted molar refractivity (Wildman–Crippen MR) is 139 cm³/mol. The van der Waals surface area contributed by atoms with Gasteiger partial charge in [-0.05, 0) is 54.0 Å². The average molecular weight is 552 g/mol. The Balaban J connectivity index is 1.42. The van der Waals surface area contributed by atoms with E-state index in [0.29, 0.717) is 11.8 Å². The van der Waals surface area contributed by atoms with Crippen LogP contribution in [0.25, 0.3) is 17.2 Å². The summed E-state index contributed by atoms with van der Waals surface area (Å²) in [4.78, 5) is 13.6. The van der Waals surface area contributed by atoms with E-state index in [1.807, 2.05) is 6.07 Å². The van der Waals surface area contributed by atoms with Crippen LogP contribution in [-0.2, 0) is 15.3 Å². The Morgan fingerprint density at radius 3 is 2.59 bits per heavy atom. The van der Waals surface area contributed by atoms with E-state index in [1.165, 1.54) is 35.5 Å². The average Bonchev–Trinajstić information content (AvgIpc) is 3.52. The Bertz CT molecular complexity index is 1700. The largest absolute Gasteiger partial charge is 0.252 e. The monoisotopic (exact) mass is 551 g/mol. The van der Waals surface area contributed by atoms with E-state index in [4.69, 9.17) is 4.98 Å². The van der Waals surface area contributed by atoms with E-state index >= 15 is 0 Å². The molecule has 0 aliphatic heterocycles. The van der Waals surface area contributed by atoms with Gasteiger partial charge in [0.15, 0.2) is 5.82 Å².